The molecule has 1 aromatic carbocycles. The maximum absolute atomic E-state index is 14.6. The van der Waals surface area contributed by atoms with Gasteiger partial charge in [-0.05, 0) is 56.4 Å². The molecule has 9 nitrogen and oxygen atoms in total. The maximum atomic E-state index is 14.6. The van der Waals surface area contributed by atoms with Crippen LogP contribution in [0.15, 0.2) is 49.6 Å². The van der Waals surface area contributed by atoms with Crippen molar-refractivity contribution in [2.45, 2.75) is 69.6 Å². The number of unbranched alkanes of at least 4 members (excludes halogenated alkanes) is 3. The number of hydrogen-bond donors (Lipinski definition) is 1. The monoisotopic (exact) mass is 567 g/mol. The Morgan fingerprint density at radius 1 is 1.12 bits per heavy atom. The van der Waals surface area contributed by atoms with E-state index in [1.165, 1.54) is 0 Å². The van der Waals surface area contributed by atoms with Gasteiger partial charge in [0.2, 0.25) is 11.8 Å². The Balaban J connectivity index is 1.71. The van der Waals surface area contributed by atoms with Crippen LogP contribution < -0.4 is 9.64 Å². The summed E-state index contributed by atoms with van der Waals surface area (Å²) >= 11 is 0. The van der Waals surface area contributed by atoms with Crippen molar-refractivity contribution in [2.24, 2.45) is 11.8 Å². The van der Waals surface area contributed by atoms with Gasteiger partial charge in [-0.25, -0.2) is 0 Å². The summed E-state index contributed by atoms with van der Waals surface area (Å²) in [6.45, 7) is 11.5. The van der Waals surface area contributed by atoms with Crippen molar-refractivity contribution in [3.05, 3.63) is 49.6 Å². The van der Waals surface area contributed by atoms with Crippen LogP contribution in [0.5, 0.6) is 5.75 Å². The number of aliphatic hydroxyl groups is 1. The zero-order valence-corrected chi connectivity index (χ0v) is 24.5. The van der Waals surface area contributed by atoms with Crippen molar-refractivity contribution in [1.82, 2.24) is 9.80 Å². The molecule has 1 aromatic rings. The van der Waals surface area contributed by atoms with Crippen LogP contribution >= 0.6 is 0 Å². The molecule has 224 valence electrons. The highest BCUT2D eigenvalue weighted by atomic mass is 16.5. The lowest BCUT2D eigenvalue weighted by atomic mass is 9.70. The molecular weight excluding hydrogens is 522 g/mol. The quantitative estimate of drug-likeness (QED) is 0.242. The summed E-state index contributed by atoms with van der Waals surface area (Å²) in [7, 11) is 1.59. The molecule has 0 aromatic heterocycles. The number of methoxy groups -OCH3 is 1. The maximum Gasteiger partial charge on any atom is 0.253 e. The third kappa shape index (κ3) is 5.79. The van der Waals surface area contributed by atoms with E-state index in [1.54, 1.807) is 46.1 Å². The van der Waals surface area contributed by atoms with E-state index in [1.807, 2.05) is 19.1 Å². The van der Waals surface area contributed by atoms with E-state index < -0.39 is 29.6 Å². The van der Waals surface area contributed by atoms with E-state index in [0.29, 0.717) is 56.8 Å². The number of nitrogens with zero attached hydrogens (tertiary/aromatic N) is 3. The van der Waals surface area contributed by atoms with Gasteiger partial charge in [0, 0.05) is 38.5 Å². The number of ether oxygens (including phenoxy) is 2. The topological polar surface area (TPSA) is 99.6 Å². The molecule has 3 saturated heterocycles. The number of rotatable bonds is 16. The van der Waals surface area contributed by atoms with E-state index >= 15 is 0 Å². The second-order valence-electron chi connectivity index (χ2n) is 11.2. The number of anilines is 1. The Bertz CT molecular complexity index is 1110. The van der Waals surface area contributed by atoms with Crippen LogP contribution in [-0.4, -0.2) is 90.3 Å². The number of carbonyl (C=O) groups excluding carboxylic acids is 3. The molecule has 0 radical (unpaired) electrons. The molecule has 1 spiro atoms. The molecule has 2 unspecified atom stereocenters. The Hall–Kier alpha value is -3.17. The molecule has 1 N–H and O–H groups in total. The van der Waals surface area contributed by atoms with Crippen molar-refractivity contribution in [3.8, 4) is 5.75 Å². The van der Waals surface area contributed by atoms with Crippen LogP contribution in [0.25, 0.3) is 0 Å². The van der Waals surface area contributed by atoms with E-state index in [4.69, 9.17) is 9.47 Å². The van der Waals surface area contributed by atoms with Gasteiger partial charge < -0.3 is 29.3 Å². The van der Waals surface area contributed by atoms with Crippen LogP contribution in [0.2, 0.25) is 0 Å². The highest BCUT2D eigenvalue weighted by Gasteiger charge is 2.74. The molecule has 4 rings (SSSR count). The SMILES string of the molecule is C=CCN(CCC)C(=O)[C@@H]1[C@@H]2CCC3(O2)C(C(=O)N(CC=C)c2ccc(OC)cc2)N(CCCCCCO)C(=O)[C@H]13. The predicted molar refractivity (Wildman–Crippen MR) is 157 cm³/mol. The molecule has 5 atom stereocenters. The minimum absolute atomic E-state index is 0.0919. The first kappa shape index (κ1) is 30.8. The average Bonchev–Trinajstić information content (AvgIpc) is 3.62. The van der Waals surface area contributed by atoms with E-state index in [9.17, 15) is 19.5 Å². The van der Waals surface area contributed by atoms with Crippen LogP contribution in [-0.2, 0) is 19.1 Å². The summed E-state index contributed by atoms with van der Waals surface area (Å²) in [6, 6.07) is 6.40. The lowest BCUT2D eigenvalue weighted by Crippen LogP contribution is -2.56. The first-order valence-corrected chi connectivity index (χ1v) is 14.9. The molecule has 0 saturated carbocycles. The lowest BCUT2D eigenvalue weighted by molar-refractivity contribution is -0.145. The molecule has 0 aliphatic carbocycles. The van der Waals surface area contributed by atoms with Crippen LogP contribution in [0.4, 0.5) is 5.69 Å². The molecule has 41 heavy (non-hydrogen) atoms. The molecule has 3 amide bonds. The van der Waals surface area contributed by atoms with Gasteiger partial charge in [-0.1, -0.05) is 31.9 Å². The Labute approximate surface area is 243 Å². The molecular formula is C32H45N3O6. The number of likely N-dealkylation sites (tertiary alicyclic amines) is 1. The predicted octanol–water partition coefficient (Wildman–Crippen LogP) is 3.57. The van der Waals surface area contributed by atoms with Gasteiger partial charge in [-0.15, -0.1) is 13.2 Å². The van der Waals surface area contributed by atoms with Crippen molar-refractivity contribution < 1.29 is 29.0 Å². The van der Waals surface area contributed by atoms with Crippen LogP contribution in [0.3, 0.4) is 0 Å². The average molecular weight is 568 g/mol. The summed E-state index contributed by atoms with van der Waals surface area (Å²) in [6.07, 6.45) is 8.03. The zero-order chi connectivity index (χ0) is 29.6. The summed E-state index contributed by atoms with van der Waals surface area (Å²) < 4.78 is 11.9. The van der Waals surface area contributed by atoms with Gasteiger partial charge >= 0.3 is 0 Å². The van der Waals surface area contributed by atoms with Crippen molar-refractivity contribution >= 4 is 23.4 Å². The Morgan fingerprint density at radius 2 is 1.83 bits per heavy atom. The molecule has 3 fully saturated rings. The van der Waals surface area contributed by atoms with Gasteiger partial charge in [-0.2, -0.15) is 0 Å². The zero-order valence-electron chi connectivity index (χ0n) is 24.5. The minimum Gasteiger partial charge on any atom is -0.497 e. The number of aliphatic hydroxyl groups excluding tert-OH is 1. The third-order valence-electron chi connectivity index (χ3n) is 8.74. The fourth-order valence-corrected chi connectivity index (χ4v) is 6.99. The molecule has 3 heterocycles. The number of amides is 3. The molecule has 9 heteroatoms. The summed E-state index contributed by atoms with van der Waals surface area (Å²) in [4.78, 5) is 47.8. The molecule has 2 bridgehead atoms. The lowest BCUT2D eigenvalue weighted by Gasteiger charge is -2.37. The summed E-state index contributed by atoms with van der Waals surface area (Å²) in [5.74, 6) is -1.14. The number of hydrogen-bond acceptors (Lipinski definition) is 6. The number of carbonyl (C=O) groups is 3. The van der Waals surface area contributed by atoms with Crippen molar-refractivity contribution in [3.63, 3.8) is 0 Å². The summed E-state index contributed by atoms with van der Waals surface area (Å²) in [5.41, 5.74) is -0.381. The van der Waals surface area contributed by atoms with E-state index in [2.05, 4.69) is 13.2 Å². The third-order valence-corrected chi connectivity index (χ3v) is 8.74. The van der Waals surface area contributed by atoms with Gasteiger partial charge in [0.05, 0.1) is 25.0 Å². The second kappa shape index (κ2) is 13.7. The summed E-state index contributed by atoms with van der Waals surface area (Å²) in [5, 5.41) is 9.18. The molecule has 3 aliphatic heterocycles. The minimum atomic E-state index is -1.05. The fraction of sp³-hybridized carbons (Fsp3) is 0.594. The van der Waals surface area contributed by atoms with Gasteiger partial charge in [0.15, 0.2) is 0 Å². The number of benzene rings is 1. The smallest absolute Gasteiger partial charge is 0.253 e. The Kier molecular flexibility index (Phi) is 10.3. The first-order valence-electron chi connectivity index (χ1n) is 14.9. The van der Waals surface area contributed by atoms with Gasteiger partial charge in [-0.3, -0.25) is 14.4 Å². The van der Waals surface area contributed by atoms with Crippen LogP contribution in [0, 0.1) is 11.8 Å². The van der Waals surface area contributed by atoms with E-state index in [0.717, 1.165) is 19.3 Å². The second-order valence-corrected chi connectivity index (χ2v) is 11.2. The van der Waals surface area contributed by atoms with Crippen molar-refractivity contribution in [2.75, 3.05) is 44.8 Å². The Morgan fingerprint density at radius 3 is 2.46 bits per heavy atom. The van der Waals surface area contributed by atoms with Gasteiger partial charge in [0.1, 0.15) is 17.4 Å². The largest absolute Gasteiger partial charge is 0.497 e. The normalized spacial score (nSPS) is 26.1. The fourth-order valence-electron chi connectivity index (χ4n) is 6.99. The number of fused-ring (bicyclic) bond motifs is 1. The van der Waals surface area contributed by atoms with Gasteiger partial charge in [0.25, 0.3) is 5.91 Å². The first-order chi connectivity index (χ1) is 19.9. The standard InChI is InChI=1S/C32H45N3O6/c1-5-18-33(19-6-2)29(37)26-25-16-17-32(41-25)27(26)30(38)35(21-10-8-9-11-22-36)28(32)31(39)34(20-7-3)23-12-14-24(40-4)15-13-23/h5,7,12-15,25-28,36H,1,3,6,8-11,16-22H2,2,4H3/t25-,26+,27-,28?,32?/m0/s1. The highest BCUT2D eigenvalue weighted by molar-refractivity contribution is 6.05. The van der Waals surface area contributed by atoms with Crippen molar-refractivity contribution in [1.29, 1.82) is 0 Å². The highest BCUT2D eigenvalue weighted by Crippen LogP contribution is 2.59. The van der Waals surface area contributed by atoms with E-state index in [-0.39, 0.29) is 30.9 Å². The molecule has 3 aliphatic rings. The van der Waals surface area contributed by atoms with Crippen LogP contribution in [0.1, 0.15) is 51.9 Å².